The summed E-state index contributed by atoms with van der Waals surface area (Å²) in [6.45, 7) is 0.780. The molecule has 0 saturated carbocycles. The minimum Gasteiger partial charge on any atom is -0.478 e. The van der Waals surface area contributed by atoms with Crippen LogP contribution in [-0.4, -0.2) is 52.7 Å². The van der Waals surface area contributed by atoms with E-state index in [-0.39, 0.29) is 36.3 Å². The van der Waals surface area contributed by atoms with Gasteiger partial charge in [-0.05, 0) is 34.4 Å². The molecule has 0 saturated heterocycles. The van der Waals surface area contributed by atoms with E-state index in [2.05, 4.69) is 39.9 Å². The molecule has 3 N–H and O–H groups in total. The Balaban J connectivity index is 1.14. The van der Waals surface area contributed by atoms with Crippen molar-refractivity contribution in [2.45, 2.75) is 12.5 Å². The number of rotatable bonds is 10. The maximum absolute atomic E-state index is 12.2. The van der Waals surface area contributed by atoms with Crippen molar-refractivity contribution >= 4 is 29.7 Å². The Kier molecular flexibility index (Phi) is 7.99. The van der Waals surface area contributed by atoms with Crippen molar-refractivity contribution in [2.75, 3.05) is 24.7 Å². The van der Waals surface area contributed by atoms with Crippen LogP contribution in [0, 0.1) is 0 Å². The lowest BCUT2D eigenvalue weighted by atomic mass is 9.98. The van der Waals surface area contributed by atoms with Gasteiger partial charge in [0.15, 0.2) is 0 Å². The molecule has 0 radical (unpaired) electrons. The zero-order valence-corrected chi connectivity index (χ0v) is 19.7. The third-order valence-electron chi connectivity index (χ3n) is 5.62. The maximum Gasteiger partial charge on any atom is 0.407 e. The van der Waals surface area contributed by atoms with Crippen LogP contribution in [0.3, 0.4) is 0 Å². The van der Waals surface area contributed by atoms with Crippen molar-refractivity contribution < 1.29 is 24.2 Å². The van der Waals surface area contributed by atoms with E-state index < -0.39 is 12.1 Å². The number of nitrogens with zero attached hydrogens (tertiary/aromatic N) is 1. The van der Waals surface area contributed by atoms with Gasteiger partial charge in [-0.25, -0.2) is 9.59 Å². The fourth-order valence-electron chi connectivity index (χ4n) is 3.99. The van der Waals surface area contributed by atoms with Gasteiger partial charge in [0.25, 0.3) is 0 Å². The fourth-order valence-corrected chi connectivity index (χ4v) is 4.67. The summed E-state index contributed by atoms with van der Waals surface area (Å²) < 4.78 is 5.49. The molecule has 0 atom stereocenters. The highest BCUT2D eigenvalue weighted by atomic mass is 32.2. The number of hydrogen-bond donors (Lipinski definition) is 3. The Bertz CT molecular complexity index is 1190. The van der Waals surface area contributed by atoms with Crippen molar-refractivity contribution in [3.05, 3.63) is 89.2 Å². The molecule has 35 heavy (non-hydrogen) atoms. The highest BCUT2D eigenvalue weighted by Gasteiger charge is 2.28. The third-order valence-corrected chi connectivity index (χ3v) is 6.58. The highest BCUT2D eigenvalue weighted by molar-refractivity contribution is 7.99. The Labute approximate surface area is 207 Å². The second kappa shape index (κ2) is 11.5. The minimum atomic E-state index is -1.04. The number of carbonyl (C=O) groups is 3. The van der Waals surface area contributed by atoms with Crippen molar-refractivity contribution in [3.63, 3.8) is 0 Å². The maximum atomic E-state index is 12.2. The molecule has 0 spiro atoms. The number of hydrogen-bond acceptors (Lipinski definition) is 6. The first kappa shape index (κ1) is 24.3. The van der Waals surface area contributed by atoms with Gasteiger partial charge in [-0.1, -0.05) is 48.5 Å². The number of aromatic carboxylic acids is 1. The summed E-state index contributed by atoms with van der Waals surface area (Å²) in [5, 5.41) is 14.4. The number of benzene rings is 2. The van der Waals surface area contributed by atoms with Crippen LogP contribution in [0.25, 0.3) is 11.1 Å². The largest absolute Gasteiger partial charge is 0.478 e. The quantitative estimate of drug-likeness (QED) is 0.371. The summed E-state index contributed by atoms with van der Waals surface area (Å²) in [6.07, 6.45) is 0.913. The van der Waals surface area contributed by atoms with E-state index in [1.807, 2.05) is 24.3 Å². The van der Waals surface area contributed by atoms with Gasteiger partial charge in [0.05, 0.1) is 23.6 Å². The molecule has 0 bridgehead atoms. The molecule has 1 aliphatic rings. The van der Waals surface area contributed by atoms with Crippen LogP contribution >= 0.6 is 11.8 Å². The molecule has 2 amide bonds. The molecule has 0 fully saturated rings. The molecular formula is C26H25N3O5S. The fraction of sp³-hybridized carbons (Fsp3) is 0.231. The van der Waals surface area contributed by atoms with Gasteiger partial charge in [0.2, 0.25) is 5.91 Å². The molecular weight excluding hydrogens is 466 g/mol. The summed E-state index contributed by atoms with van der Waals surface area (Å²) in [4.78, 5) is 39.2. The molecule has 3 aromatic rings. The number of nitrogens with one attached hydrogen (secondary N) is 2. The predicted molar refractivity (Wildman–Crippen MR) is 133 cm³/mol. The summed E-state index contributed by atoms with van der Waals surface area (Å²) in [5.41, 5.74) is 5.27. The number of thioether (sulfide) groups is 1. The van der Waals surface area contributed by atoms with E-state index in [9.17, 15) is 14.4 Å². The topological polar surface area (TPSA) is 118 Å². The average Bonchev–Trinajstić information content (AvgIpc) is 3.20. The van der Waals surface area contributed by atoms with Crippen LogP contribution in [0.1, 0.15) is 33.1 Å². The van der Waals surface area contributed by atoms with Crippen molar-refractivity contribution in [3.8, 4) is 11.1 Å². The first-order chi connectivity index (χ1) is 17.0. The second-order valence-electron chi connectivity index (χ2n) is 7.92. The first-order valence-electron chi connectivity index (χ1n) is 11.1. The summed E-state index contributed by atoms with van der Waals surface area (Å²) in [5.74, 6) is -0.468. The Morgan fingerprint density at radius 2 is 1.66 bits per heavy atom. The van der Waals surface area contributed by atoms with E-state index in [0.29, 0.717) is 18.0 Å². The zero-order valence-electron chi connectivity index (χ0n) is 18.9. The van der Waals surface area contributed by atoms with Gasteiger partial charge < -0.3 is 20.5 Å². The lowest BCUT2D eigenvalue weighted by Crippen LogP contribution is -2.29. The van der Waals surface area contributed by atoms with E-state index >= 15 is 0 Å². The molecule has 1 aliphatic carbocycles. The van der Waals surface area contributed by atoms with Crippen LogP contribution in [0.4, 0.5) is 4.79 Å². The molecule has 180 valence electrons. The van der Waals surface area contributed by atoms with Crippen LogP contribution in [0.2, 0.25) is 0 Å². The van der Waals surface area contributed by atoms with Gasteiger partial charge in [0, 0.05) is 24.4 Å². The zero-order chi connectivity index (χ0) is 24.6. The molecule has 0 unspecified atom stereocenters. The number of alkyl carbamates (subject to hydrolysis) is 1. The van der Waals surface area contributed by atoms with Gasteiger partial charge in [-0.3, -0.25) is 9.78 Å². The van der Waals surface area contributed by atoms with Crippen LogP contribution in [0.15, 0.2) is 66.9 Å². The highest BCUT2D eigenvalue weighted by Crippen LogP contribution is 2.44. The van der Waals surface area contributed by atoms with E-state index in [1.165, 1.54) is 41.2 Å². The average molecular weight is 492 g/mol. The molecule has 2 aromatic carbocycles. The monoisotopic (exact) mass is 491 g/mol. The third kappa shape index (κ3) is 6.19. The van der Waals surface area contributed by atoms with Crippen molar-refractivity contribution in [1.82, 2.24) is 15.6 Å². The summed E-state index contributed by atoms with van der Waals surface area (Å²) in [6, 6.07) is 19.2. The number of carbonyl (C=O) groups excluding carboxylic acids is 2. The predicted octanol–water partition coefficient (Wildman–Crippen LogP) is 3.67. The lowest BCUT2D eigenvalue weighted by Gasteiger charge is -2.14. The molecule has 0 aliphatic heterocycles. The molecule has 1 heterocycles. The molecule has 1 aromatic heterocycles. The van der Waals surface area contributed by atoms with Crippen LogP contribution in [-0.2, 0) is 16.1 Å². The molecule has 8 nitrogen and oxygen atoms in total. The number of carboxylic acids is 1. The number of fused-ring (bicyclic) bond motifs is 3. The van der Waals surface area contributed by atoms with Crippen molar-refractivity contribution in [2.24, 2.45) is 0 Å². The molecule has 4 rings (SSSR count). The van der Waals surface area contributed by atoms with Gasteiger partial charge in [-0.15, -0.1) is 0 Å². The normalized spacial score (nSPS) is 11.9. The van der Waals surface area contributed by atoms with Gasteiger partial charge in [0.1, 0.15) is 6.61 Å². The Morgan fingerprint density at radius 1 is 0.971 bits per heavy atom. The number of ether oxygens (including phenoxy) is 1. The van der Waals surface area contributed by atoms with Gasteiger partial charge in [-0.2, -0.15) is 11.8 Å². The SMILES string of the molecule is O=C(CSCCNC(=O)OCC1c2ccccc2-c2ccccc21)NCc1cc(C(=O)O)ccn1. The molecule has 9 heteroatoms. The number of pyridine rings is 1. The van der Waals surface area contributed by atoms with Crippen LogP contribution < -0.4 is 10.6 Å². The summed E-state index contributed by atoms with van der Waals surface area (Å²) in [7, 11) is 0. The minimum absolute atomic E-state index is 0.0110. The Hall–Kier alpha value is -3.85. The van der Waals surface area contributed by atoms with E-state index in [0.717, 1.165) is 11.1 Å². The van der Waals surface area contributed by atoms with E-state index in [1.54, 1.807) is 0 Å². The van der Waals surface area contributed by atoms with Crippen molar-refractivity contribution in [1.29, 1.82) is 0 Å². The lowest BCUT2D eigenvalue weighted by molar-refractivity contribution is -0.118. The summed E-state index contributed by atoms with van der Waals surface area (Å²) >= 11 is 1.37. The Morgan fingerprint density at radius 3 is 2.34 bits per heavy atom. The van der Waals surface area contributed by atoms with Gasteiger partial charge >= 0.3 is 12.1 Å². The first-order valence-corrected chi connectivity index (χ1v) is 12.3. The van der Waals surface area contributed by atoms with Crippen LogP contribution in [0.5, 0.6) is 0 Å². The second-order valence-corrected chi connectivity index (χ2v) is 9.03. The number of carboxylic acid groups (broad SMARTS) is 1. The standard InChI is InChI=1S/C26H25N3O5S/c30-24(29-14-18-13-17(25(31)32)9-10-27-18)16-35-12-11-28-26(33)34-15-23-21-7-3-1-5-19(21)20-6-2-4-8-22(20)23/h1-10,13,23H,11-12,14-16H2,(H,28,33)(H,29,30)(H,31,32). The number of aromatic nitrogens is 1. The van der Waals surface area contributed by atoms with E-state index in [4.69, 9.17) is 9.84 Å². The number of amides is 2. The smallest absolute Gasteiger partial charge is 0.407 e.